The molecule has 0 spiro atoms. The van der Waals surface area contributed by atoms with Gasteiger partial charge in [-0.25, -0.2) is 16.8 Å². The number of hydrogen-bond donors (Lipinski definition) is 0. The zero-order valence-corrected chi connectivity index (χ0v) is 20.1. The first kappa shape index (κ1) is 24.5. The first-order valence-electron chi connectivity index (χ1n) is 10.5. The van der Waals surface area contributed by atoms with Crippen molar-refractivity contribution in [2.24, 2.45) is 0 Å². The summed E-state index contributed by atoms with van der Waals surface area (Å²) >= 11 is 0. The van der Waals surface area contributed by atoms with Crippen LogP contribution in [0.4, 0.5) is 5.69 Å². The van der Waals surface area contributed by atoms with Crippen LogP contribution < -0.4 is 9.64 Å². The Morgan fingerprint density at radius 1 is 0.969 bits per heavy atom. The molecule has 0 bridgehead atoms. The van der Waals surface area contributed by atoms with Crippen molar-refractivity contribution < 1.29 is 26.3 Å². The highest BCUT2D eigenvalue weighted by atomic mass is 32.2. The maximum Gasteiger partial charge on any atom is 0.243 e. The summed E-state index contributed by atoms with van der Waals surface area (Å²) in [6, 6.07) is 13.9. The van der Waals surface area contributed by atoms with Crippen LogP contribution in [0.25, 0.3) is 0 Å². The summed E-state index contributed by atoms with van der Waals surface area (Å²) in [6.45, 7) is 4.99. The number of sulfone groups is 1. The van der Waals surface area contributed by atoms with Crippen LogP contribution in [0.5, 0.6) is 5.75 Å². The van der Waals surface area contributed by atoms with Gasteiger partial charge in [-0.1, -0.05) is 19.1 Å². The maximum atomic E-state index is 12.9. The van der Waals surface area contributed by atoms with Gasteiger partial charge in [-0.3, -0.25) is 0 Å². The van der Waals surface area contributed by atoms with E-state index in [2.05, 4.69) is 4.90 Å². The van der Waals surface area contributed by atoms with Crippen LogP contribution in [0.3, 0.4) is 0 Å². The van der Waals surface area contributed by atoms with Gasteiger partial charge in [0.1, 0.15) is 12.4 Å². The molecule has 1 saturated heterocycles. The van der Waals surface area contributed by atoms with Gasteiger partial charge in [-0.15, -0.1) is 0 Å². The molecule has 176 valence electrons. The van der Waals surface area contributed by atoms with Gasteiger partial charge >= 0.3 is 0 Å². The van der Waals surface area contributed by atoms with E-state index in [1.165, 1.54) is 28.6 Å². The van der Waals surface area contributed by atoms with Crippen molar-refractivity contribution in [1.29, 1.82) is 0 Å². The van der Waals surface area contributed by atoms with Crippen LogP contribution in [0.2, 0.25) is 0 Å². The van der Waals surface area contributed by atoms with E-state index in [0.717, 1.165) is 24.3 Å². The van der Waals surface area contributed by atoms with E-state index in [4.69, 9.17) is 9.47 Å². The normalized spacial score (nSPS) is 15.2. The highest BCUT2D eigenvalue weighted by Crippen LogP contribution is 2.22. The van der Waals surface area contributed by atoms with Crippen molar-refractivity contribution in [3.8, 4) is 5.75 Å². The van der Waals surface area contributed by atoms with Gasteiger partial charge in [0.15, 0.2) is 9.84 Å². The molecular weight excluding hydrogens is 452 g/mol. The van der Waals surface area contributed by atoms with Crippen LogP contribution in [0.1, 0.15) is 12.5 Å². The molecule has 0 N–H and O–H groups in total. The minimum absolute atomic E-state index is 0.0304. The number of benzene rings is 2. The Hall–Kier alpha value is -2.14. The lowest BCUT2D eigenvalue weighted by atomic mass is 10.2. The summed E-state index contributed by atoms with van der Waals surface area (Å²) in [5.41, 5.74) is 2.00. The lowest BCUT2D eigenvalue weighted by molar-refractivity contribution is 0.122. The molecule has 0 atom stereocenters. The van der Waals surface area contributed by atoms with Crippen LogP contribution in [-0.4, -0.2) is 72.6 Å². The second-order valence-corrected chi connectivity index (χ2v) is 12.1. The average Bonchev–Trinajstić information content (AvgIpc) is 2.80. The third-order valence-electron chi connectivity index (χ3n) is 5.35. The number of hydrogen-bond acceptors (Lipinski definition) is 7. The van der Waals surface area contributed by atoms with Crippen LogP contribution in [-0.2, 0) is 31.1 Å². The minimum atomic E-state index is -3.68. The number of morpholine rings is 1. The fourth-order valence-corrected chi connectivity index (χ4v) is 5.08. The van der Waals surface area contributed by atoms with Gasteiger partial charge < -0.3 is 14.4 Å². The zero-order chi connectivity index (χ0) is 23.2. The SMILES string of the molecule is CCS(=O)(=O)CCOc1ccc(S(=O)(=O)N(C)Cc2ccc(N3CCOCC3)cc2)cc1. The van der Waals surface area contributed by atoms with Gasteiger partial charge in [0.2, 0.25) is 10.0 Å². The smallest absolute Gasteiger partial charge is 0.243 e. The molecule has 1 fully saturated rings. The van der Waals surface area contributed by atoms with Crippen molar-refractivity contribution in [2.45, 2.75) is 18.4 Å². The molecule has 0 saturated carbocycles. The Balaban J connectivity index is 1.59. The highest BCUT2D eigenvalue weighted by molar-refractivity contribution is 7.91. The Morgan fingerprint density at radius 2 is 1.59 bits per heavy atom. The first-order chi connectivity index (χ1) is 15.2. The zero-order valence-electron chi connectivity index (χ0n) is 18.4. The Bertz CT molecular complexity index is 1080. The molecule has 1 aliphatic rings. The highest BCUT2D eigenvalue weighted by Gasteiger charge is 2.21. The molecular formula is C22H30N2O6S2. The number of ether oxygens (including phenoxy) is 2. The summed E-state index contributed by atoms with van der Waals surface area (Å²) in [5.74, 6) is 0.420. The van der Waals surface area contributed by atoms with Crippen molar-refractivity contribution in [2.75, 3.05) is 56.4 Å². The molecule has 0 aromatic heterocycles. The predicted molar refractivity (Wildman–Crippen MR) is 124 cm³/mol. The van der Waals surface area contributed by atoms with Gasteiger partial charge in [0, 0.05) is 38.1 Å². The summed E-state index contributed by atoms with van der Waals surface area (Å²) in [4.78, 5) is 2.40. The standard InChI is InChI=1S/C22H30N2O6S2/c1-3-31(25,26)17-16-30-21-8-10-22(11-9-21)32(27,28)23(2)18-19-4-6-20(7-5-19)24-12-14-29-15-13-24/h4-11H,3,12-18H2,1-2H3. The van der Waals surface area contributed by atoms with Crippen LogP contribution >= 0.6 is 0 Å². The van der Waals surface area contributed by atoms with E-state index < -0.39 is 19.9 Å². The topological polar surface area (TPSA) is 93.2 Å². The summed E-state index contributed by atoms with van der Waals surface area (Å²) in [7, 11) is -5.24. The first-order valence-corrected chi connectivity index (χ1v) is 13.8. The molecule has 0 aliphatic carbocycles. The third-order valence-corrected chi connectivity index (χ3v) is 8.84. The molecule has 2 aromatic carbocycles. The third kappa shape index (κ3) is 6.44. The summed E-state index contributed by atoms with van der Waals surface area (Å²) < 4.78 is 61.0. The van der Waals surface area contributed by atoms with E-state index in [9.17, 15) is 16.8 Å². The monoisotopic (exact) mass is 482 g/mol. The van der Waals surface area contributed by atoms with E-state index >= 15 is 0 Å². The number of rotatable bonds is 10. The Kier molecular flexibility index (Phi) is 8.16. The molecule has 10 heteroatoms. The fourth-order valence-electron chi connectivity index (χ4n) is 3.29. The van der Waals surface area contributed by atoms with E-state index in [1.54, 1.807) is 14.0 Å². The Morgan fingerprint density at radius 3 is 2.19 bits per heavy atom. The average molecular weight is 483 g/mol. The molecule has 3 rings (SSSR count). The van der Waals surface area contributed by atoms with Crippen molar-refractivity contribution >= 4 is 25.5 Å². The molecule has 0 radical (unpaired) electrons. The number of sulfonamides is 1. The molecule has 32 heavy (non-hydrogen) atoms. The van der Waals surface area contributed by atoms with Gasteiger partial charge in [0.25, 0.3) is 0 Å². The van der Waals surface area contributed by atoms with Crippen molar-refractivity contribution in [1.82, 2.24) is 4.31 Å². The van der Waals surface area contributed by atoms with Crippen LogP contribution in [0, 0.1) is 0 Å². The lowest BCUT2D eigenvalue weighted by Crippen LogP contribution is -2.36. The predicted octanol–water partition coefficient (Wildman–Crippen LogP) is 2.16. The fraction of sp³-hybridized carbons (Fsp3) is 0.455. The van der Waals surface area contributed by atoms with E-state index in [1.807, 2.05) is 24.3 Å². The van der Waals surface area contributed by atoms with Crippen molar-refractivity contribution in [3.63, 3.8) is 0 Å². The van der Waals surface area contributed by atoms with Gasteiger partial charge in [-0.2, -0.15) is 4.31 Å². The summed E-state index contributed by atoms with van der Waals surface area (Å²) in [5, 5.41) is 0. The minimum Gasteiger partial charge on any atom is -0.493 e. The largest absolute Gasteiger partial charge is 0.493 e. The Labute approximate surface area is 190 Å². The number of nitrogens with zero attached hydrogens (tertiary/aromatic N) is 2. The second-order valence-electron chi connectivity index (χ2n) is 7.58. The second kappa shape index (κ2) is 10.7. The molecule has 1 aliphatic heterocycles. The van der Waals surface area contributed by atoms with Gasteiger partial charge in [0.05, 0.1) is 23.9 Å². The molecule has 0 amide bonds. The van der Waals surface area contributed by atoms with E-state index in [0.29, 0.717) is 19.0 Å². The molecule has 1 heterocycles. The van der Waals surface area contributed by atoms with E-state index in [-0.39, 0.29) is 29.6 Å². The molecule has 8 nitrogen and oxygen atoms in total. The molecule has 0 unspecified atom stereocenters. The number of anilines is 1. The molecule has 2 aromatic rings. The van der Waals surface area contributed by atoms with Crippen LogP contribution in [0.15, 0.2) is 53.4 Å². The summed E-state index contributed by atoms with van der Waals surface area (Å²) in [6.07, 6.45) is 0. The maximum absolute atomic E-state index is 12.9. The van der Waals surface area contributed by atoms with Gasteiger partial charge in [-0.05, 0) is 42.0 Å². The lowest BCUT2D eigenvalue weighted by Gasteiger charge is -2.29. The van der Waals surface area contributed by atoms with Crippen molar-refractivity contribution in [3.05, 3.63) is 54.1 Å². The quantitative estimate of drug-likeness (QED) is 0.512.